The average Bonchev–Trinajstić information content (AvgIpc) is 2.45. The lowest BCUT2D eigenvalue weighted by atomic mass is 9.93. The Bertz CT molecular complexity index is 591. The molecule has 2 aromatic rings. The molecule has 102 valence electrons. The smallest absolute Gasteiger partial charge is 0.319 e. The van der Waals surface area contributed by atoms with E-state index < -0.39 is 0 Å². The number of hydrogen-bond donors (Lipinski definition) is 2. The summed E-state index contributed by atoms with van der Waals surface area (Å²) in [5.74, 6) is 0. The first-order chi connectivity index (χ1) is 9.83. The van der Waals surface area contributed by atoms with Gasteiger partial charge in [0.25, 0.3) is 0 Å². The highest BCUT2D eigenvalue weighted by molar-refractivity contribution is 5.94. The quantitative estimate of drug-likeness (QED) is 0.865. The van der Waals surface area contributed by atoms with Gasteiger partial charge >= 0.3 is 6.03 Å². The molecule has 0 saturated heterocycles. The summed E-state index contributed by atoms with van der Waals surface area (Å²) in [5.41, 5.74) is 2.99. The lowest BCUT2D eigenvalue weighted by Crippen LogP contribution is -2.41. The normalized spacial score (nSPS) is 14.4. The topological polar surface area (TPSA) is 41.1 Å². The Morgan fingerprint density at radius 3 is 2.35 bits per heavy atom. The zero-order valence-electron chi connectivity index (χ0n) is 11.3. The van der Waals surface area contributed by atoms with E-state index in [4.69, 9.17) is 0 Å². The molecule has 20 heavy (non-hydrogen) atoms. The molecule has 0 radical (unpaired) electrons. The minimum Gasteiger partial charge on any atom is -0.335 e. The van der Waals surface area contributed by atoms with Gasteiger partial charge in [-0.1, -0.05) is 48.5 Å². The van der Waals surface area contributed by atoms with Gasteiger partial charge < -0.3 is 10.6 Å². The highest BCUT2D eigenvalue weighted by Crippen LogP contribution is 2.27. The first-order valence-corrected chi connectivity index (χ1v) is 7.05. The molecule has 3 rings (SSSR count). The molecule has 3 nitrogen and oxygen atoms in total. The van der Waals surface area contributed by atoms with Crippen LogP contribution in [-0.2, 0) is 0 Å². The van der Waals surface area contributed by atoms with Crippen molar-refractivity contribution in [2.24, 2.45) is 0 Å². The van der Waals surface area contributed by atoms with Gasteiger partial charge in [0.1, 0.15) is 0 Å². The molecule has 0 unspecified atom stereocenters. The second-order valence-corrected chi connectivity index (χ2v) is 5.14. The van der Waals surface area contributed by atoms with Crippen molar-refractivity contribution in [3.05, 3.63) is 54.6 Å². The Balaban J connectivity index is 1.77. The Hall–Kier alpha value is -2.29. The number of hydrogen-bond acceptors (Lipinski definition) is 1. The Kier molecular flexibility index (Phi) is 3.68. The molecular weight excluding hydrogens is 248 g/mol. The third kappa shape index (κ3) is 2.82. The third-order valence-electron chi connectivity index (χ3n) is 3.70. The fourth-order valence-corrected chi connectivity index (χ4v) is 2.36. The van der Waals surface area contributed by atoms with E-state index in [0.29, 0.717) is 6.04 Å². The van der Waals surface area contributed by atoms with Gasteiger partial charge in [0.15, 0.2) is 0 Å². The summed E-state index contributed by atoms with van der Waals surface area (Å²) in [6.45, 7) is 0. The lowest BCUT2D eigenvalue weighted by Gasteiger charge is -2.26. The molecule has 1 aliphatic rings. The van der Waals surface area contributed by atoms with Crippen LogP contribution >= 0.6 is 0 Å². The molecular formula is C17H18N2O. The average molecular weight is 266 g/mol. The maximum Gasteiger partial charge on any atom is 0.319 e. The predicted molar refractivity (Wildman–Crippen MR) is 81.7 cm³/mol. The second-order valence-electron chi connectivity index (χ2n) is 5.14. The molecule has 0 bridgehead atoms. The van der Waals surface area contributed by atoms with E-state index in [1.165, 1.54) is 6.42 Å². The summed E-state index contributed by atoms with van der Waals surface area (Å²) in [6, 6.07) is 18.2. The number of anilines is 1. The van der Waals surface area contributed by atoms with Crippen molar-refractivity contribution in [2.75, 3.05) is 5.32 Å². The van der Waals surface area contributed by atoms with Crippen molar-refractivity contribution in [1.29, 1.82) is 0 Å². The Morgan fingerprint density at radius 2 is 1.65 bits per heavy atom. The molecule has 1 aliphatic carbocycles. The molecule has 2 aromatic carbocycles. The molecule has 3 heteroatoms. The number of benzene rings is 2. The summed E-state index contributed by atoms with van der Waals surface area (Å²) in [5, 5.41) is 5.95. The molecule has 1 saturated carbocycles. The zero-order valence-corrected chi connectivity index (χ0v) is 11.3. The maximum atomic E-state index is 12.0. The predicted octanol–water partition coefficient (Wildman–Crippen LogP) is 4.03. The fourth-order valence-electron chi connectivity index (χ4n) is 2.36. The number of para-hydroxylation sites is 1. The fraction of sp³-hybridized carbons (Fsp3) is 0.235. The van der Waals surface area contributed by atoms with Crippen molar-refractivity contribution in [3.8, 4) is 11.1 Å². The van der Waals surface area contributed by atoms with Gasteiger partial charge in [-0.25, -0.2) is 4.79 Å². The van der Waals surface area contributed by atoms with E-state index in [2.05, 4.69) is 10.6 Å². The number of urea groups is 1. The van der Waals surface area contributed by atoms with Crippen LogP contribution in [0.15, 0.2) is 54.6 Å². The van der Waals surface area contributed by atoms with Crippen LogP contribution < -0.4 is 10.6 Å². The van der Waals surface area contributed by atoms with E-state index in [0.717, 1.165) is 29.7 Å². The summed E-state index contributed by atoms with van der Waals surface area (Å²) in [6.07, 6.45) is 3.40. The lowest BCUT2D eigenvalue weighted by molar-refractivity contribution is 0.240. The molecule has 2 amide bonds. The van der Waals surface area contributed by atoms with Crippen LogP contribution in [0.4, 0.5) is 10.5 Å². The van der Waals surface area contributed by atoms with E-state index in [-0.39, 0.29) is 6.03 Å². The first-order valence-electron chi connectivity index (χ1n) is 7.05. The number of rotatable bonds is 3. The monoisotopic (exact) mass is 266 g/mol. The van der Waals surface area contributed by atoms with Gasteiger partial charge in [-0.15, -0.1) is 0 Å². The minimum absolute atomic E-state index is 0.113. The standard InChI is InChI=1S/C17H18N2O/c20-17(18-14-9-6-10-14)19-16-12-5-4-11-15(16)13-7-2-1-3-8-13/h1-5,7-8,11-12,14H,6,9-10H2,(H2,18,19,20). The van der Waals surface area contributed by atoms with Gasteiger partial charge in [0.2, 0.25) is 0 Å². The molecule has 2 N–H and O–H groups in total. The van der Waals surface area contributed by atoms with Crippen molar-refractivity contribution in [2.45, 2.75) is 25.3 Å². The van der Waals surface area contributed by atoms with E-state index in [1.807, 2.05) is 54.6 Å². The molecule has 0 aliphatic heterocycles. The number of amides is 2. The van der Waals surface area contributed by atoms with E-state index in [9.17, 15) is 4.79 Å². The van der Waals surface area contributed by atoms with Crippen LogP contribution in [0.5, 0.6) is 0 Å². The number of nitrogens with one attached hydrogen (secondary N) is 2. The molecule has 0 heterocycles. The third-order valence-corrected chi connectivity index (χ3v) is 3.70. The van der Waals surface area contributed by atoms with Gasteiger partial charge in [-0.3, -0.25) is 0 Å². The second kappa shape index (κ2) is 5.78. The van der Waals surface area contributed by atoms with E-state index in [1.54, 1.807) is 0 Å². The molecule has 0 aromatic heterocycles. The molecule has 0 atom stereocenters. The van der Waals surface area contributed by atoms with Gasteiger partial charge in [-0.05, 0) is 30.9 Å². The van der Waals surface area contributed by atoms with E-state index >= 15 is 0 Å². The van der Waals surface area contributed by atoms with Gasteiger partial charge in [0.05, 0.1) is 5.69 Å². The zero-order chi connectivity index (χ0) is 13.8. The maximum absolute atomic E-state index is 12.0. The minimum atomic E-state index is -0.113. The highest BCUT2D eigenvalue weighted by atomic mass is 16.2. The van der Waals surface area contributed by atoms with Crippen LogP contribution in [-0.4, -0.2) is 12.1 Å². The number of carbonyl (C=O) groups is 1. The van der Waals surface area contributed by atoms with Crippen molar-refractivity contribution in [1.82, 2.24) is 5.32 Å². The summed E-state index contributed by atoms with van der Waals surface area (Å²) < 4.78 is 0. The van der Waals surface area contributed by atoms with Crippen molar-refractivity contribution >= 4 is 11.7 Å². The first kappa shape index (κ1) is 12.7. The van der Waals surface area contributed by atoms with Crippen LogP contribution in [0.3, 0.4) is 0 Å². The summed E-state index contributed by atoms with van der Waals surface area (Å²) >= 11 is 0. The van der Waals surface area contributed by atoms with Crippen LogP contribution in [0.2, 0.25) is 0 Å². The van der Waals surface area contributed by atoms with Gasteiger partial charge in [0, 0.05) is 11.6 Å². The molecule has 1 fully saturated rings. The molecule has 0 spiro atoms. The number of carbonyl (C=O) groups excluding carboxylic acids is 1. The Labute approximate surface area is 119 Å². The SMILES string of the molecule is O=C(Nc1ccccc1-c1ccccc1)NC1CCC1. The van der Waals surface area contributed by atoms with Crippen LogP contribution in [0, 0.1) is 0 Å². The summed E-state index contributed by atoms with van der Waals surface area (Å²) in [4.78, 5) is 12.0. The van der Waals surface area contributed by atoms with Crippen LogP contribution in [0.1, 0.15) is 19.3 Å². The summed E-state index contributed by atoms with van der Waals surface area (Å²) in [7, 11) is 0. The van der Waals surface area contributed by atoms with Crippen molar-refractivity contribution < 1.29 is 4.79 Å². The largest absolute Gasteiger partial charge is 0.335 e. The van der Waals surface area contributed by atoms with Gasteiger partial charge in [-0.2, -0.15) is 0 Å². The van der Waals surface area contributed by atoms with Crippen molar-refractivity contribution in [3.63, 3.8) is 0 Å². The Morgan fingerprint density at radius 1 is 0.950 bits per heavy atom. The highest BCUT2D eigenvalue weighted by Gasteiger charge is 2.19. The van der Waals surface area contributed by atoms with Crippen LogP contribution in [0.25, 0.3) is 11.1 Å².